The van der Waals surface area contributed by atoms with Crippen LogP contribution in [0.15, 0.2) is 0 Å². The molecule has 1 amide bonds. The summed E-state index contributed by atoms with van der Waals surface area (Å²) in [5.74, 6) is 0. The first-order chi connectivity index (χ1) is 6.83. The molecule has 0 radical (unpaired) electrons. The predicted octanol–water partition coefficient (Wildman–Crippen LogP) is 0.880. The van der Waals surface area contributed by atoms with Gasteiger partial charge in [-0.2, -0.15) is 5.26 Å². The number of aliphatic hydroxyl groups is 1. The van der Waals surface area contributed by atoms with Gasteiger partial charge in [0, 0.05) is 6.42 Å². The number of hydrogen-bond acceptors (Lipinski definition) is 4. The zero-order valence-corrected chi connectivity index (χ0v) is 9.23. The summed E-state index contributed by atoms with van der Waals surface area (Å²) in [4.78, 5) is 12.9. The van der Waals surface area contributed by atoms with Crippen molar-refractivity contribution in [1.29, 1.82) is 5.26 Å². The van der Waals surface area contributed by atoms with Gasteiger partial charge >= 0.3 is 6.09 Å². The summed E-state index contributed by atoms with van der Waals surface area (Å²) in [7, 11) is 0. The first-order valence-electron chi connectivity index (χ1n) is 4.91. The van der Waals surface area contributed by atoms with Gasteiger partial charge in [-0.1, -0.05) is 0 Å². The van der Waals surface area contributed by atoms with Crippen LogP contribution in [-0.4, -0.2) is 40.4 Å². The third-order valence-electron chi connectivity index (χ3n) is 2.06. The van der Waals surface area contributed by atoms with E-state index in [0.29, 0.717) is 6.42 Å². The fourth-order valence-corrected chi connectivity index (χ4v) is 1.46. The van der Waals surface area contributed by atoms with Crippen molar-refractivity contribution < 1.29 is 14.6 Å². The quantitative estimate of drug-likeness (QED) is 0.647. The molecule has 1 aliphatic rings. The van der Waals surface area contributed by atoms with Crippen LogP contribution in [0.3, 0.4) is 0 Å². The molecule has 5 heteroatoms. The van der Waals surface area contributed by atoms with Crippen molar-refractivity contribution in [2.45, 2.75) is 44.9 Å². The number of rotatable bonds is 0. The molecule has 84 valence electrons. The van der Waals surface area contributed by atoms with Gasteiger partial charge in [0.2, 0.25) is 0 Å². The molecular weight excluding hydrogens is 196 g/mol. The largest absolute Gasteiger partial charge is 0.444 e. The van der Waals surface area contributed by atoms with Crippen LogP contribution < -0.4 is 0 Å². The Balaban J connectivity index is 2.64. The minimum Gasteiger partial charge on any atom is -0.444 e. The normalized spacial score (nSPS) is 26.2. The molecule has 1 heterocycles. The number of ether oxygens (including phenoxy) is 1. The van der Waals surface area contributed by atoms with E-state index in [1.54, 1.807) is 20.8 Å². The third-order valence-corrected chi connectivity index (χ3v) is 2.06. The molecule has 2 unspecified atom stereocenters. The van der Waals surface area contributed by atoms with Crippen molar-refractivity contribution in [3.63, 3.8) is 0 Å². The van der Waals surface area contributed by atoms with E-state index in [9.17, 15) is 9.90 Å². The molecular formula is C10H16N2O3. The minimum atomic E-state index is -0.623. The lowest BCUT2D eigenvalue weighted by Gasteiger charge is -2.25. The minimum absolute atomic E-state index is 0.174. The van der Waals surface area contributed by atoms with Gasteiger partial charge in [0.15, 0.2) is 0 Å². The maximum atomic E-state index is 11.6. The van der Waals surface area contributed by atoms with Gasteiger partial charge in [-0.15, -0.1) is 0 Å². The van der Waals surface area contributed by atoms with E-state index in [1.807, 2.05) is 6.07 Å². The third kappa shape index (κ3) is 3.10. The van der Waals surface area contributed by atoms with Crippen molar-refractivity contribution >= 4 is 6.09 Å². The average Bonchev–Trinajstić information content (AvgIpc) is 2.43. The fraction of sp³-hybridized carbons (Fsp3) is 0.800. The maximum absolute atomic E-state index is 11.6. The van der Waals surface area contributed by atoms with Gasteiger partial charge in [0.05, 0.1) is 18.7 Å². The van der Waals surface area contributed by atoms with Gasteiger partial charge in [-0.05, 0) is 20.8 Å². The van der Waals surface area contributed by atoms with Crippen LogP contribution in [0.2, 0.25) is 0 Å². The lowest BCUT2D eigenvalue weighted by molar-refractivity contribution is 0.0238. The molecule has 0 bridgehead atoms. The average molecular weight is 212 g/mol. The molecule has 15 heavy (non-hydrogen) atoms. The molecule has 1 saturated heterocycles. The summed E-state index contributed by atoms with van der Waals surface area (Å²) in [6.07, 6.45) is -0.858. The molecule has 0 aromatic rings. The van der Waals surface area contributed by atoms with Gasteiger partial charge in [-0.3, -0.25) is 4.90 Å². The molecule has 5 nitrogen and oxygen atoms in total. The maximum Gasteiger partial charge on any atom is 0.411 e. The number of nitriles is 1. The molecule has 1 fully saturated rings. The lowest BCUT2D eigenvalue weighted by Crippen LogP contribution is -2.39. The monoisotopic (exact) mass is 212 g/mol. The number of carbonyl (C=O) groups is 1. The number of hydrogen-bond donors (Lipinski definition) is 1. The molecule has 1 aliphatic heterocycles. The SMILES string of the molecule is CC(C)(C)OC(=O)N1CC(O)CC1C#N. The number of β-amino-alcohol motifs (C(OH)–C–C–N with tert-alkyl or cyclic N) is 1. The van der Waals surface area contributed by atoms with E-state index in [-0.39, 0.29) is 6.54 Å². The summed E-state index contributed by atoms with van der Waals surface area (Å²) in [6.45, 7) is 5.46. The number of carbonyl (C=O) groups excluding carboxylic acids is 1. The number of nitrogens with zero attached hydrogens (tertiary/aromatic N) is 2. The summed E-state index contributed by atoms with van der Waals surface area (Å²) < 4.78 is 5.13. The number of aliphatic hydroxyl groups excluding tert-OH is 1. The van der Waals surface area contributed by atoms with Crippen LogP contribution in [-0.2, 0) is 4.74 Å². The second-order valence-electron chi connectivity index (χ2n) is 4.67. The molecule has 2 atom stereocenters. The topological polar surface area (TPSA) is 73.6 Å². The van der Waals surface area contributed by atoms with Crippen molar-refractivity contribution in [1.82, 2.24) is 4.90 Å². The van der Waals surface area contributed by atoms with Crippen molar-refractivity contribution in [3.8, 4) is 6.07 Å². The summed E-state index contributed by atoms with van der Waals surface area (Å²) in [6, 6.07) is 1.40. The zero-order chi connectivity index (χ0) is 11.6. The first kappa shape index (κ1) is 11.8. The standard InChI is InChI=1S/C10H16N2O3/c1-10(2,3)15-9(14)12-6-8(13)4-7(12)5-11/h7-8,13H,4,6H2,1-3H3. The molecule has 0 aliphatic carbocycles. The lowest BCUT2D eigenvalue weighted by atomic mass is 10.2. The van der Waals surface area contributed by atoms with Gasteiger partial charge in [0.1, 0.15) is 11.6 Å². The highest BCUT2D eigenvalue weighted by Crippen LogP contribution is 2.20. The Morgan fingerprint density at radius 2 is 2.20 bits per heavy atom. The smallest absolute Gasteiger partial charge is 0.411 e. The highest BCUT2D eigenvalue weighted by atomic mass is 16.6. The van der Waals surface area contributed by atoms with E-state index in [2.05, 4.69) is 0 Å². The van der Waals surface area contributed by atoms with Crippen LogP contribution in [0.4, 0.5) is 4.79 Å². The summed E-state index contributed by atoms with van der Waals surface area (Å²) in [5.41, 5.74) is -0.579. The van der Waals surface area contributed by atoms with Crippen LogP contribution in [0.25, 0.3) is 0 Å². The number of amides is 1. The Morgan fingerprint density at radius 3 is 2.67 bits per heavy atom. The van der Waals surface area contributed by atoms with E-state index < -0.39 is 23.8 Å². The first-order valence-corrected chi connectivity index (χ1v) is 4.91. The molecule has 0 spiro atoms. The zero-order valence-electron chi connectivity index (χ0n) is 9.23. The fourth-order valence-electron chi connectivity index (χ4n) is 1.46. The van der Waals surface area contributed by atoms with Gasteiger partial charge in [-0.25, -0.2) is 4.79 Å². The number of likely N-dealkylation sites (tertiary alicyclic amines) is 1. The van der Waals surface area contributed by atoms with Crippen LogP contribution in [0, 0.1) is 11.3 Å². The Labute approximate surface area is 89.2 Å². The molecule has 0 aromatic carbocycles. The van der Waals surface area contributed by atoms with Crippen molar-refractivity contribution in [3.05, 3.63) is 0 Å². The Morgan fingerprint density at radius 1 is 1.60 bits per heavy atom. The molecule has 1 N–H and O–H groups in total. The summed E-state index contributed by atoms with van der Waals surface area (Å²) >= 11 is 0. The van der Waals surface area contributed by atoms with E-state index >= 15 is 0 Å². The van der Waals surface area contributed by atoms with E-state index in [0.717, 1.165) is 0 Å². The van der Waals surface area contributed by atoms with Crippen molar-refractivity contribution in [2.24, 2.45) is 0 Å². The Hall–Kier alpha value is -1.28. The van der Waals surface area contributed by atoms with Crippen LogP contribution in [0.1, 0.15) is 27.2 Å². The molecule has 0 saturated carbocycles. The second-order valence-corrected chi connectivity index (χ2v) is 4.67. The van der Waals surface area contributed by atoms with E-state index in [4.69, 9.17) is 10.00 Å². The Kier molecular flexibility index (Phi) is 3.20. The van der Waals surface area contributed by atoms with Gasteiger partial charge in [0.25, 0.3) is 0 Å². The Bertz CT molecular complexity index is 290. The highest BCUT2D eigenvalue weighted by molar-refractivity contribution is 5.69. The predicted molar refractivity (Wildman–Crippen MR) is 53.0 cm³/mol. The van der Waals surface area contributed by atoms with E-state index in [1.165, 1.54) is 4.90 Å². The van der Waals surface area contributed by atoms with Gasteiger partial charge < -0.3 is 9.84 Å². The molecule has 1 rings (SSSR count). The van der Waals surface area contributed by atoms with Crippen LogP contribution in [0.5, 0.6) is 0 Å². The van der Waals surface area contributed by atoms with Crippen LogP contribution >= 0.6 is 0 Å². The second kappa shape index (κ2) is 4.07. The molecule has 0 aromatic heterocycles. The highest BCUT2D eigenvalue weighted by Gasteiger charge is 2.36. The van der Waals surface area contributed by atoms with Crippen molar-refractivity contribution in [2.75, 3.05) is 6.54 Å². The summed E-state index contributed by atoms with van der Waals surface area (Å²) in [5, 5.41) is 18.1.